The fraction of sp³-hybridized carbons (Fsp3) is 0.200. The Morgan fingerprint density at radius 2 is 1.36 bits per heavy atom. The number of benzene rings is 5. The number of nitriles is 2. The van der Waals surface area contributed by atoms with E-state index >= 15 is 0 Å². The molecule has 0 N–H and O–H groups in total. The average molecular weight is 429 g/mol. The lowest BCUT2D eigenvalue weighted by Crippen LogP contribution is -2.00. The van der Waals surface area contributed by atoms with Crippen LogP contribution in [0, 0.1) is 28.6 Å². The van der Waals surface area contributed by atoms with Crippen molar-refractivity contribution in [3.63, 3.8) is 0 Å². The molecule has 3 heteroatoms. The van der Waals surface area contributed by atoms with Gasteiger partial charge >= 0.3 is 0 Å². The Kier molecular flexibility index (Phi) is 5.79. The first-order chi connectivity index (χ1) is 16.3. The van der Waals surface area contributed by atoms with E-state index < -0.39 is 5.92 Å². The van der Waals surface area contributed by atoms with Gasteiger partial charge in [-0.05, 0) is 74.8 Å². The van der Waals surface area contributed by atoms with Gasteiger partial charge < -0.3 is 4.74 Å². The molecule has 0 spiro atoms. The smallest absolute Gasteiger partial charge is 0.137 e. The lowest BCUT2D eigenvalue weighted by atomic mass is 9.91. The topological polar surface area (TPSA) is 56.8 Å². The van der Waals surface area contributed by atoms with Crippen LogP contribution in [0.3, 0.4) is 0 Å². The van der Waals surface area contributed by atoms with Gasteiger partial charge in [-0.25, -0.2) is 0 Å². The maximum absolute atomic E-state index is 8.92. The van der Waals surface area contributed by atoms with E-state index in [9.17, 15) is 0 Å². The van der Waals surface area contributed by atoms with Gasteiger partial charge in [0.25, 0.3) is 0 Å². The van der Waals surface area contributed by atoms with Crippen molar-refractivity contribution in [2.75, 3.05) is 6.61 Å². The maximum Gasteiger partial charge on any atom is 0.137 e. The number of aryl methyl sites for hydroxylation is 1. The monoisotopic (exact) mass is 428 g/mol. The second-order valence-electron chi connectivity index (χ2n) is 8.55. The molecule has 0 bridgehead atoms. The third-order valence-corrected chi connectivity index (χ3v) is 6.40. The highest BCUT2D eigenvalue weighted by Crippen LogP contribution is 2.36. The SMILES string of the molecule is N#CC(C#N)Cc1ccc(OCCCCc2ccc3ccc4cccc5ccc2c3c45)cc1. The van der Waals surface area contributed by atoms with Crippen molar-refractivity contribution in [2.24, 2.45) is 5.92 Å². The number of hydrogen-bond donors (Lipinski definition) is 0. The minimum absolute atomic E-state index is 0.451. The Bertz CT molecular complexity index is 1460. The van der Waals surface area contributed by atoms with Gasteiger partial charge in [0.15, 0.2) is 0 Å². The summed E-state index contributed by atoms with van der Waals surface area (Å²) in [4.78, 5) is 0. The van der Waals surface area contributed by atoms with Crippen molar-refractivity contribution in [1.82, 2.24) is 0 Å². The molecule has 5 aromatic carbocycles. The van der Waals surface area contributed by atoms with Gasteiger partial charge in [0.2, 0.25) is 0 Å². The standard InChI is InChI=1S/C30H24N2O/c31-19-22(20-32)18-21-7-14-27(15-8-21)33-17-2-1-4-23-9-10-26-12-11-24-5-3-6-25-13-16-28(23)30(26)29(24)25/h3,5-16,22H,1-2,4,17-18H2. The number of ether oxygens (including phenoxy) is 1. The van der Waals surface area contributed by atoms with E-state index in [1.807, 2.05) is 36.4 Å². The quantitative estimate of drug-likeness (QED) is 0.194. The third-order valence-electron chi connectivity index (χ3n) is 6.40. The summed E-state index contributed by atoms with van der Waals surface area (Å²) < 4.78 is 5.91. The Morgan fingerprint density at radius 3 is 2.09 bits per heavy atom. The first-order valence-electron chi connectivity index (χ1n) is 11.4. The second-order valence-corrected chi connectivity index (χ2v) is 8.55. The Labute approximate surface area is 193 Å². The first-order valence-corrected chi connectivity index (χ1v) is 11.4. The zero-order valence-electron chi connectivity index (χ0n) is 18.4. The van der Waals surface area contributed by atoms with Crippen LogP contribution in [-0.2, 0) is 12.8 Å². The van der Waals surface area contributed by atoms with Crippen molar-refractivity contribution in [2.45, 2.75) is 25.7 Å². The van der Waals surface area contributed by atoms with Crippen LogP contribution in [0.5, 0.6) is 5.75 Å². The molecule has 5 rings (SSSR count). The van der Waals surface area contributed by atoms with Gasteiger partial charge in [0.05, 0.1) is 18.7 Å². The van der Waals surface area contributed by atoms with Gasteiger partial charge in [-0.3, -0.25) is 0 Å². The summed E-state index contributed by atoms with van der Waals surface area (Å²) in [5.74, 6) is 0.225. The maximum atomic E-state index is 8.92. The minimum Gasteiger partial charge on any atom is -0.494 e. The number of nitrogens with zero attached hydrogens (tertiary/aromatic N) is 2. The molecule has 0 unspecified atom stereocenters. The third kappa shape index (κ3) is 4.19. The normalized spacial score (nSPS) is 11.2. The van der Waals surface area contributed by atoms with Crippen molar-refractivity contribution < 1.29 is 4.74 Å². The molecular formula is C30H24N2O. The molecule has 0 fully saturated rings. The summed E-state index contributed by atoms with van der Waals surface area (Å²) in [5.41, 5.74) is 2.37. The summed E-state index contributed by atoms with van der Waals surface area (Å²) in [5, 5.41) is 25.9. The van der Waals surface area contributed by atoms with Gasteiger partial charge in [0.1, 0.15) is 11.7 Å². The molecule has 0 radical (unpaired) electrons. The fourth-order valence-electron chi connectivity index (χ4n) is 4.70. The molecule has 0 aliphatic rings. The zero-order valence-corrected chi connectivity index (χ0v) is 18.4. The average Bonchev–Trinajstić information content (AvgIpc) is 2.87. The van der Waals surface area contributed by atoms with Gasteiger partial charge in [0, 0.05) is 6.42 Å². The van der Waals surface area contributed by atoms with Gasteiger partial charge in [-0.1, -0.05) is 66.7 Å². The molecule has 160 valence electrons. The second kappa shape index (κ2) is 9.19. The van der Waals surface area contributed by atoms with E-state index in [0.29, 0.717) is 13.0 Å². The fourth-order valence-corrected chi connectivity index (χ4v) is 4.70. The number of rotatable bonds is 8. The van der Waals surface area contributed by atoms with E-state index in [-0.39, 0.29) is 0 Å². The molecule has 33 heavy (non-hydrogen) atoms. The molecule has 3 nitrogen and oxygen atoms in total. The molecule has 0 aromatic heterocycles. The lowest BCUT2D eigenvalue weighted by molar-refractivity contribution is 0.307. The molecule has 0 amide bonds. The van der Waals surface area contributed by atoms with E-state index in [1.165, 1.54) is 37.9 Å². The Balaban J connectivity index is 1.21. The Hall–Kier alpha value is -4.08. The van der Waals surface area contributed by atoms with Crippen LogP contribution < -0.4 is 4.74 Å². The molecule has 5 aromatic rings. The van der Waals surface area contributed by atoms with Crippen molar-refractivity contribution in [1.29, 1.82) is 10.5 Å². The largest absolute Gasteiger partial charge is 0.494 e. The van der Waals surface area contributed by atoms with Gasteiger partial charge in [-0.2, -0.15) is 10.5 Å². The van der Waals surface area contributed by atoms with E-state index in [1.54, 1.807) is 0 Å². The highest BCUT2D eigenvalue weighted by Gasteiger charge is 2.10. The van der Waals surface area contributed by atoms with Crippen molar-refractivity contribution in [3.05, 3.63) is 90.0 Å². The van der Waals surface area contributed by atoms with E-state index in [4.69, 9.17) is 15.3 Å². The highest BCUT2D eigenvalue weighted by atomic mass is 16.5. The summed E-state index contributed by atoms with van der Waals surface area (Å²) in [6.45, 7) is 0.671. The predicted octanol–water partition coefficient (Wildman–Crippen LogP) is 7.19. The summed E-state index contributed by atoms with van der Waals surface area (Å²) in [7, 11) is 0. The van der Waals surface area contributed by atoms with Crippen molar-refractivity contribution >= 4 is 32.3 Å². The molecular weight excluding hydrogens is 404 g/mol. The van der Waals surface area contributed by atoms with Crippen LogP contribution in [0.2, 0.25) is 0 Å². The summed E-state index contributed by atoms with van der Waals surface area (Å²) in [6, 6.07) is 31.8. The molecule has 0 atom stereocenters. The van der Waals surface area contributed by atoms with Crippen molar-refractivity contribution in [3.8, 4) is 17.9 Å². The van der Waals surface area contributed by atoms with Crippen LogP contribution in [0.4, 0.5) is 0 Å². The first kappa shape index (κ1) is 20.8. The minimum atomic E-state index is -0.600. The summed E-state index contributed by atoms with van der Waals surface area (Å²) in [6.07, 6.45) is 3.52. The van der Waals surface area contributed by atoms with E-state index in [2.05, 4.69) is 54.6 Å². The number of hydrogen-bond acceptors (Lipinski definition) is 3. The molecule has 0 aliphatic heterocycles. The molecule has 0 saturated heterocycles. The Morgan fingerprint density at radius 1 is 0.697 bits per heavy atom. The van der Waals surface area contributed by atoms with Gasteiger partial charge in [-0.15, -0.1) is 0 Å². The predicted molar refractivity (Wildman–Crippen MR) is 133 cm³/mol. The van der Waals surface area contributed by atoms with Crippen LogP contribution in [0.25, 0.3) is 32.3 Å². The zero-order chi connectivity index (χ0) is 22.6. The van der Waals surface area contributed by atoms with Crippen LogP contribution >= 0.6 is 0 Å². The summed E-state index contributed by atoms with van der Waals surface area (Å²) >= 11 is 0. The van der Waals surface area contributed by atoms with Crippen LogP contribution in [0.15, 0.2) is 78.9 Å². The van der Waals surface area contributed by atoms with Crippen LogP contribution in [-0.4, -0.2) is 6.61 Å². The highest BCUT2D eigenvalue weighted by molar-refractivity contribution is 6.23. The molecule has 0 aliphatic carbocycles. The van der Waals surface area contributed by atoms with E-state index in [0.717, 1.165) is 30.6 Å². The number of unbranched alkanes of at least 4 members (excludes halogenated alkanes) is 1. The lowest BCUT2D eigenvalue weighted by Gasteiger charge is -2.14. The molecule has 0 saturated carbocycles. The molecule has 0 heterocycles. The van der Waals surface area contributed by atoms with Crippen LogP contribution in [0.1, 0.15) is 24.0 Å².